The van der Waals surface area contributed by atoms with Crippen LogP contribution in [0.25, 0.3) is 0 Å². The molecule has 2 aromatic heterocycles. The van der Waals surface area contributed by atoms with E-state index in [0.717, 1.165) is 25.3 Å². The predicted molar refractivity (Wildman–Crippen MR) is 84.2 cm³/mol. The monoisotopic (exact) mass is 285 g/mol. The molecule has 1 saturated heterocycles. The van der Waals surface area contributed by atoms with Crippen LogP contribution in [0, 0.1) is 0 Å². The highest BCUT2D eigenvalue weighted by molar-refractivity contribution is 5.44. The minimum absolute atomic E-state index is 0.331. The molecule has 0 spiro atoms. The van der Waals surface area contributed by atoms with Gasteiger partial charge in [-0.15, -0.1) is 0 Å². The molecule has 1 unspecified atom stereocenters. The van der Waals surface area contributed by atoms with E-state index >= 15 is 0 Å². The Morgan fingerprint density at radius 1 is 1.29 bits per heavy atom. The van der Waals surface area contributed by atoms with E-state index in [2.05, 4.69) is 44.2 Å². The van der Waals surface area contributed by atoms with Gasteiger partial charge in [0.1, 0.15) is 5.82 Å². The van der Waals surface area contributed by atoms with Gasteiger partial charge in [0, 0.05) is 49.6 Å². The second-order valence-electron chi connectivity index (χ2n) is 5.57. The average molecular weight is 285 g/mol. The Hall–Kier alpha value is -1.88. The minimum atomic E-state index is 0.331. The van der Waals surface area contributed by atoms with Crippen molar-refractivity contribution in [3.63, 3.8) is 0 Å². The van der Waals surface area contributed by atoms with Crippen LogP contribution in [0.3, 0.4) is 0 Å². The first-order chi connectivity index (χ1) is 10.4. The minimum Gasteiger partial charge on any atom is -0.371 e. The van der Waals surface area contributed by atoms with Gasteiger partial charge in [0.15, 0.2) is 0 Å². The summed E-state index contributed by atoms with van der Waals surface area (Å²) in [5.74, 6) is 1.05. The molecule has 21 heavy (non-hydrogen) atoms. The Morgan fingerprint density at radius 3 is 2.67 bits per heavy atom. The number of hydrogen-bond acceptors (Lipinski definition) is 4. The van der Waals surface area contributed by atoms with Gasteiger partial charge in [-0.2, -0.15) is 0 Å². The van der Waals surface area contributed by atoms with Crippen LogP contribution >= 0.6 is 0 Å². The van der Waals surface area contributed by atoms with Gasteiger partial charge in [-0.3, -0.25) is 4.98 Å². The summed E-state index contributed by atoms with van der Waals surface area (Å²) in [5.41, 5.74) is 1.28. The smallest absolute Gasteiger partial charge is 0.123 e. The molecule has 1 atom stereocenters. The summed E-state index contributed by atoms with van der Waals surface area (Å²) in [6, 6.07) is 5.08. The van der Waals surface area contributed by atoms with Crippen LogP contribution in [0.5, 0.6) is 0 Å². The van der Waals surface area contributed by atoms with E-state index in [1.807, 2.05) is 24.8 Å². The zero-order chi connectivity index (χ0) is 14.5. The molecule has 1 aliphatic rings. The van der Waals surface area contributed by atoms with Crippen LogP contribution in [0.1, 0.15) is 38.1 Å². The Bertz CT molecular complexity index is 517. The fourth-order valence-electron chi connectivity index (χ4n) is 3.00. The quantitative estimate of drug-likeness (QED) is 0.886. The molecule has 0 amide bonds. The highest BCUT2D eigenvalue weighted by atomic mass is 15.2. The molecule has 0 aliphatic carbocycles. The fraction of sp³-hybridized carbons (Fsp3) is 0.500. The van der Waals surface area contributed by atoms with Crippen molar-refractivity contribution >= 4 is 5.69 Å². The van der Waals surface area contributed by atoms with Crippen molar-refractivity contribution < 1.29 is 0 Å². The van der Waals surface area contributed by atoms with Crippen LogP contribution in [0.4, 0.5) is 5.69 Å². The normalized spacial score (nSPS) is 17.9. The van der Waals surface area contributed by atoms with Gasteiger partial charge in [-0.25, -0.2) is 4.98 Å². The molecule has 0 bridgehead atoms. The molecule has 3 rings (SSSR count). The fourth-order valence-corrected chi connectivity index (χ4v) is 3.00. The zero-order valence-corrected chi connectivity index (χ0v) is 12.5. The third kappa shape index (κ3) is 3.42. The van der Waals surface area contributed by atoms with Crippen molar-refractivity contribution in [1.82, 2.24) is 20.3 Å². The van der Waals surface area contributed by atoms with Gasteiger partial charge in [0.2, 0.25) is 0 Å². The predicted octanol–water partition coefficient (Wildman–Crippen LogP) is 2.51. The lowest BCUT2D eigenvalue weighted by Crippen LogP contribution is -2.43. The van der Waals surface area contributed by atoms with E-state index in [4.69, 9.17) is 0 Å². The van der Waals surface area contributed by atoms with Gasteiger partial charge < -0.3 is 15.2 Å². The molecular formula is C16H23N5. The van der Waals surface area contributed by atoms with Crippen molar-refractivity contribution in [3.05, 3.63) is 42.7 Å². The standard InChI is InChI=1S/C16H23N5/c1-2-15(16-18-9-10-19-16)20-13-5-11-21(12-6-13)14-3-7-17-8-4-14/h3-4,7-10,13,15,20H,2,5-6,11-12H2,1H3,(H,18,19). The van der Waals surface area contributed by atoms with Crippen LogP contribution in [-0.2, 0) is 0 Å². The molecule has 1 aliphatic heterocycles. The Kier molecular flexibility index (Phi) is 4.50. The first-order valence-electron chi connectivity index (χ1n) is 7.77. The van der Waals surface area contributed by atoms with E-state index in [1.165, 1.54) is 18.5 Å². The second-order valence-corrected chi connectivity index (χ2v) is 5.57. The molecule has 3 heterocycles. The number of aromatic amines is 1. The summed E-state index contributed by atoms with van der Waals surface area (Å²) in [6.45, 7) is 4.39. The highest BCUT2D eigenvalue weighted by Gasteiger charge is 2.22. The number of pyridine rings is 1. The lowest BCUT2D eigenvalue weighted by molar-refractivity contribution is 0.357. The number of rotatable bonds is 5. The van der Waals surface area contributed by atoms with Gasteiger partial charge in [0.25, 0.3) is 0 Å². The number of piperidine rings is 1. The van der Waals surface area contributed by atoms with Crippen molar-refractivity contribution in [2.45, 2.75) is 38.3 Å². The maximum absolute atomic E-state index is 4.38. The summed E-state index contributed by atoms with van der Waals surface area (Å²) in [4.78, 5) is 14.1. The van der Waals surface area contributed by atoms with E-state index in [1.54, 1.807) is 0 Å². The van der Waals surface area contributed by atoms with E-state index in [-0.39, 0.29) is 0 Å². The first kappa shape index (κ1) is 14.1. The van der Waals surface area contributed by atoms with E-state index in [9.17, 15) is 0 Å². The third-order valence-corrected chi connectivity index (χ3v) is 4.22. The third-order valence-electron chi connectivity index (χ3n) is 4.22. The molecule has 1 fully saturated rings. The summed E-state index contributed by atoms with van der Waals surface area (Å²) >= 11 is 0. The summed E-state index contributed by atoms with van der Waals surface area (Å²) in [7, 11) is 0. The number of nitrogens with one attached hydrogen (secondary N) is 2. The average Bonchev–Trinajstić information content (AvgIpc) is 3.08. The number of aromatic nitrogens is 3. The van der Waals surface area contributed by atoms with Crippen molar-refractivity contribution in [1.29, 1.82) is 0 Å². The van der Waals surface area contributed by atoms with Crippen molar-refractivity contribution in [2.75, 3.05) is 18.0 Å². The Morgan fingerprint density at radius 2 is 2.05 bits per heavy atom. The van der Waals surface area contributed by atoms with Gasteiger partial charge >= 0.3 is 0 Å². The van der Waals surface area contributed by atoms with Crippen LogP contribution in [0.15, 0.2) is 36.9 Å². The molecule has 2 aromatic rings. The Labute approximate surface area is 125 Å². The zero-order valence-electron chi connectivity index (χ0n) is 12.5. The van der Waals surface area contributed by atoms with Gasteiger partial charge in [0.05, 0.1) is 6.04 Å². The molecule has 5 heteroatoms. The number of nitrogens with zero attached hydrogens (tertiary/aromatic N) is 3. The van der Waals surface area contributed by atoms with Crippen LogP contribution < -0.4 is 10.2 Å². The lowest BCUT2D eigenvalue weighted by Gasteiger charge is -2.35. The Balaban J connectivity index is 1.54. The molecule has 0 saturated carbocycles. The number of hydrogen-bond donors (Lipinski definition) is 2. The van der Waals surface area contributed by atoms with Gasteiger partial charge in [-0.05, 0) is 31.4 Å². The SMILES string of the molecule is CCC(NC1CCN(c2ccncc2)CC1)c1ncc[nH]1. The highest BCUT2D eigenvalue weighted by Crippen LogP contribution is 2.21. The van der Waals surface area contributed by atoms with Gasteiger partial charge in [-0.1, -0.05) is 6.92 Å². The molecule has 5 nitrogen and oxygen atoms in total. The van der Waals surface area contributed by atoms with Crippen LogP contribution in [0.2, 0.25) is 0 Å². The van der Waals surface area contributed by atoms with E-state index < -0.39 is 0 Å². The molecular weight excluding hydrogens is 262 g/mol. The second kappa shape index (κ2) is 6.72. The van der Waals surface area contributed by atoms with E-state index in [0.29, 0.717) is 12.1 Å². The summed E-state index contributed by atoms with van der Waals surface area (Å²) in [5, 5.41) is 3.75. The summed E-state index contributed by atoms with van der Waals surface area (Å²) < 4.78 is 0. The first-order valence-corrected chi connectivity index (χ1v) is 7.77. The van der Waals surface area contributed by atoms with Crippen LogP contribution in [-0.4, -0.2) is 34.1 Å². The molecule has 0 radical (unpaired) electrons. The lowest BCUT2D eigenvalue weighted by atomic mass is 10.0. The number of anilines is 1. The maximum atomic E-state index is 4.38. The molecule has 0 aromatic carbocycles. The maximum Gasteiger partial charge on any atom is 0.123 e. The van der Waals surface area contributed by atoms with Crippen molar-refractivity contribution in [2.24, 2.45) is 0 Å². The summed E-state index contributed by atoms with van der Waals surface area (Å²) in [6.07, 6.45) is 10.8. The topological polar surface area (TPSA) is 56.8 Å². The number of imidazole rings is 1. The number of H-pyrrole nitrogens is 1. The van der Waals surface area contributed by atoms with Crippen molar-refractivity contribution in [3.8, 4) is 0 Å². The molecule has 112 valence electrons. The largest absolute Gasteiger partial charge is 0.371 e. The molecule has 2 N–H and O–H groups in total.